The molecule has 0 aliphatic heterocycles. The molecule has 1 amide bonds. The van der Waals surface area contributed by atoms with Gasteiger partial charge in [-0.3, -0.25) is 9.89 Å². The quantitative estimate of drug-likeness (QED) is 0.728. The number of benzene rings is 2. The molecule has 0 saturated heterocycles. The van der Waals surface area contributed by atoms with Gasteiger partial charge in [0, 0.05) is 18.2 Å². The van der Waals surface area contributed by atoms with E-state index in [2.05, 4.69) is 15.5 Å². The standard InChI is InChI=1S/C19H19N3O2/c1-24-18-11-15(16-12-20-21-13-16)8-9-17(18)22-19(23)10-7-14-5-3-2-4-6-14/h2-6,8-9,11-13H,7,10H2,1H3,(H,20,21)(H,22,23). The second-order valence-electron chi connectivity index (χ2n) is 5.44. The van der Waals surface area contributed by atoms with E-state index in [-0.39, 0.29) is 5.91 Å². The normalized spacial score (nSPS) is 10.4. The minimum atomic E-state index is -0.0341. The highest BCUT2D eigenvalue weighted by Gasteiger charge is 2.10. The number of nitrogens with zero attached hydrogens (tertiary/aromatic N) is 1. The Kier molecular flexibility index (Phi) is 4.91. The summed E-state index contributed by atoms with van der Waals surface area (Å²) in [6.45, 7) is 0. The van der Waals surface area contributed by atoms with Crippen molar-refractivity contribution in [1.82, 2.24) is 10.2 Å². The Morgan fingerprint density at radius 1 is 1.17 bits per heavy atom. The third-order valence-corrected chi connectivity index (χ3v) is 3.79. The highest BCUT2D eigenvalue weighted by molar-refractivity contribution is 5.93. The van der Waals surface area contributed by atoms with Crippen molar-refractivity contribution in [3.63, 3.8) is 0 Å². The van der Waals surface area contributed by atoms with E-state index in [1.54, 1.807) is 13.3 Å². The number of hydrogen-bond donors (Lipinski definition) is 2. The smallest absolute Gasteiger partial charge is 0.224 e. The first kappa shape index (κ1) is 15.8. The lowest BCUT2D eigenvalue weighted by atomic mass is 10.1. The molecule has 5 nitrogen and oxygen atoms in total. The Bertz CT molecular complexity index is 799. The highest BCUT2D eigenvalue weighted by Crippen LogP contribution is 2.30. The fourth-order valence-electron chi connectivity index (χ4n) is 2.50. The van der Waals surface area contributed by atoms with E-state index in [9.17, 15) is 4.79 Å². The third kappa shape index (κ3) is 3.81. The minimum absolute atomic E-state index is 0.0341. The predicted molar refractivity (Wildman–Crippen MR) is 94.0 cm³/mol. The van der Waals surface area contributed by atoms with Crippen molar-refractivity contribution in [2.24, 2.45) is 0 Å². The van der Waals surface area contributed by atoms with Gasteiger partial charge >= 0.3 is 0 Å². The van der Waals surface area contributed by atoms with E-state index in [0.29, 0.717) is 24.3 Å². The number of amides is 1. The van der Waals surface area contributed by atoms with Gasteiger partial charge < -0.3 is 10.1 Å². The molecule has 0 spiro atoms. The number of ether oxygens (including phenoxy) is 1. The minimum Gasteiger partial charge on any atom is -0.495 e. The van der Waals surface area contributed by atoms with Crippen LogP contribution in [0.1, 0.15) is 12.0 Å². The molecule has 0 bridgehead atoms. The molecule has 2 aromatic carbocycles. The van der Waals surface area contributed by atoms with Crippen LogP contribution in [0.5, 0.6) is 5.75 Å². The van der Waals surface area contributed by atoms with Gasteiger partial charge in [0.2, 0.25) is 5.91 Å². The van der Waals surface area contributed by atoms with Gasteiger partial charge in [-0.25, -0.2) is 0 Å². The average Bonchev–Trinajstić information content (AvgIpc) is 3.16. The lowest BCUT2D eigenvalue weighted by Crippen LogP contribution is -2.13. The second kappa shape index (κ2) is 7.46. The molecule has 1 heterocycles. The van der Waals surface area contributed by atoms with E-state index in [1.807, 2.05) is 54.7 Å². The van der Waals surface area contributed by atoms with Gasteiger partial charge in [0.25, 0.3) is 0 Å². The summed E-state index contributed by atoms with van der Waals surface area (Å²) >= 11 is 0. The van der Waals surface area contributed by atoms with Crippen LogP contribution >= 0.6 is 0 Å². The summed E-state index contributed by atoms with van der Waals surface area (Å²) in [5.41, 5.74) is 3.76. The molecule has 0 aliphatic carbocycles. The number of carbonyl (C=O) groups excluding carboxylic acids is 1. The molecule has 0 atom stereocenters. The number of aromatic nitrogens is 2. The monoisotopic (exact) mass is 321 g/mol. The first-order chi connectivity index (χ1) is 11.8. The summed E-state index contributed by atoms with van der Waals surface area (Å²) in [5, 5.41) is 9.64. The first-order valence-electron chi connectivity index (χ1n) is 7.77. The van der Waals surface area contributed by atoms with Gasteiger partial charge in [-0.1, -0.05) is 36.4 Å². The molecular weight excluding hydrogens is 302 g/mol. The number of rotatable bonds is 6. The van der Waals surface area contributed by atoms with E-state index in [1.165, 1.54) is 0 Å². The molecule has 3 rings (SSSR count). The fraction of sp³-hybridized carbons (Fsp3) is 0.158. The number of hydrogen-bond acceptors (Lipinski definition) is 3. The maximum Gasteiger partial charge on any atom is 0.224 e. The molecule has 0 radical (unpaired) electrons. The summed E-state index contributed by atoms with van der Waals surface area (Å²) in [7, 11) is 1.59. The Morgan fingerprint density at radius 2 is 2.00 bits per heavy atom. The van der Waals surface area contributed by atoms with Crippen molar-refractivity contribution >= 4 is 11.6 Å². The largest absolute Gasteiger partial charge is 0.495 e. The number of aromatic amines is 1. The van der Waals surface area contributed by atoms with Crippen molar-refractivity contribution in [2.45, 2.75) is 12.8 Å². The molecule has 24 heavy (non-hydrogen) atoms. The van der Waals surface area contributed by atoms with Gasteiger partial charge in [-0.2, -0.15) is 5.10 Å². The molecule has 0 aliphatic rings. The Hall–Kier alpha value is -3.08. The van der Waals surface area contributed by atoms with Crippen LogP contribution in [-0.4, -0.2) is 23.2 Å². The lowest BCUT2D eigenvalue weighted by molar-refractivity contribution is -0.116. The van der Waals surface area contributed by atoms with Gasteiger partial charge in [0.15, 0.2) is 0 Å². The molecule has 122 valence electrons. The number of nitrogens with one attached hydrogen (secondary N) is 2. The number of anilines is 1. The summed E-state index contributed by atoms with van der Waals surface area (Å²) < 4.78 is 5.40. The van der Waals surface area contributed by atoms with Crippen LogP contribution < -0.4 is 10.1 Å². The molecule has 0 fully saturated rings. The fourth-order valence-corrected chi connectivity index (χ4v) is 2.50. The second-order valence-corrected chi connectivity index (χ2v) is 5.44. The molecule has 3 aromatic rings. The van der Waals surface area contributed by atoms with E-state index < -0.39 is 0 Å². The highest BCUT2D eigenvalue weighted by atomic mass is 16.5. The van der Waals surface area contributed by atoms with Gasteiger partial charge in [0.1, 0.15) is 5.75 Å². The van der Waals surface area contributed by atoms with Gasteiger partial charge in [-0.15, -0.1) is 0 Å². The maximum absolute atomic E-state index is 12.2. The molecule has 1 aromatic heterocycles. The Labute approximate surface area is 140 Å². The van der Waals surface area contributed by atoms with Crippen LogP contribution in [0.25, 0.3) is 11.1 Å². The zero-order chi connectivity index (χ0) is 16.8. The van der Waals surface area contributed by atoms with Crippen LogP contribution in [0.3, 0.4) is 0 Å². The molecule has 5 heteroatoms. The van der Waals surface area contributed by atoms with Crippen LogP contribution in [0.2, 0.25) is 0 Å². The molecule has 2 N–H and O–H groups in total. The Balaban J connectivity index is 1.67. The van der Waals surface area contributed by atoms with E-state index in [0.717, 1.165) is 16.7 Å². The topological polar surface area (TPSA) is 67.0 Å². The summed E-state index contributed by atoms with van der Waals surface area (Å²) in [6, 6.07) is 15.6. The molecular formula is C19H19N3O2. The van der Waals surface area contributed by atoms with Gasteiger partial charge in [0.05, 0.1) is 19.0 Å². The average molecular weight is 321 g/mol. The number of aryl methyl sites for hydroxylation is 1. The molecule has 0 saturated carbocycles. The Morgan fingerprint density at radius 3 is 2.71 bits per heavy atom. The van der Waals surface area contributed by atoms with Crippen molar-refractivity contribution in [3.05, 3.63) is 66.5 Å². The summed E-state index contributed by atoms with van der Waals surface area (Å²) in [4.78, 5) is 12.2. The molecule has 0 unspecified atom stereocenters. The van der Waals surface area contributed by atoms with Crippen molar-refractivity contribution in [2.75, 3.05) is 12.4 Å². The zero-order valence-electron chi connectivity index (χ0n) is 13.5. The third-order valence-electron chi connectivity index (χ3n) is 3.79. The first-order valence-corrected chi connectivity index (χ1v) is 7.77. The summed E-state index contributed by atoms with van der Waals surface area (Å²) in [6.07, 6.45) is 4.69. The number of methoxy groups -OCH3 is 1. The summed E-state index contributed by atoms with van der Waals surface area (Å²) in [5.74, 6) is 0.593. The van der Waals surface area contributed by atoms with Crippen LogP contribution in [-0.2, 0) is 11.2 Å². The zero-order valence-corrected chi connectivity index (χ0v) is 13.5. The number of carbonyl (C=O) groups is 1. The van der Waals surface area contributed by atoms with Crippen molar-refractivity contribution in [1.29, 1.82) is 0 Å². The van der Waals surface area contributed by atoms with Crippen LogP contribution in [0.15, 0.2) is 60.9 Å². The van der Waals surface area contributed by atoms with Crippen LogP contribution in [0.4, 0.5) is 5.69 Å². The number of H-pyrrole nitrogens is 1. The van der Waals surface area contributed by atoms with E-state index in [4.69, 9.17) is 4.74 Å². The van der Waals surface area contributed by atoms with Crippen molar-refractivity contribution in [3.8, 4) is 16.9 Å². The lowest BCUT2D eigenvalue weighted by Gasteiger charge is -2.11. The van der Waals surface area contributed by atoms with Crippen molar-refractivity contribution < 1.29 is 9.53 Å². The SMILES string of the molecule is COc1cc(-c2cn[nH]c2)ccc1NC(=O)CCc1ccccc1. The van der Waals surface area contributed by atoms with Crippen LogP contribution in [0, 0.1) is 0 Å². The maximum atomic E-state index is 12.2. The van der Waals surface area contributed by atoms with E-state index >= 15 is 0 Å². The predicted octanol–water partition coefficient (Wildman–Crippen LogP) is 3.66. The van der Waals surface area contributed by atoms with Gasteiger partial charge in [-0.05, 0) is 29.7 Å².